The molecular formula is C21H27N3O4. The minimum atomic E-state index is -0.936. The van der Waals surface area contributed by atoms with E-state index in [9.17, 15) is 19.2 Å². The number of piperidine rings is 1. The minimum absolute atomic E-state index is 0.148. The van der Waals surface area contributed by atoms with Crippen molar-refractivity contribution in [1.82, 2.24) is 15.8 Å². The van der Waals surface area contributed by atoms with E-state index in [2.05, 4.69) is 10.9 Å². The third-order valence-electron chi connectivity index (χ3n) is 6.05. The van der Waals surface area contributed by atoms with E-state index in [4.69, 9.17) is 0 Å². The van der Waals surface area contributed by atoms with Crippen LogP contribution in [0.3, 0.4) is 0 Å². The molecule has 1 saturated carbocycles. The van der Waals surface area contributed by atoms with Gasteiger partial charge in [0, 0.05) is 17.9 Å². The largest absolute Gasteiger partial charge is 0.285 e. The van der Waals surface area contributed by atoms with Crippen LogP contribution in [0.15, 0.2) is 30.3 Å². The molecule has 0 aromatic heterocycles. The van der Waals surface area contributed by atoms with Crippen LogP contribution in [-0.2, 0) is 25.6 Å². The third kappa shape index (κ3) is 3.41. The zero-order chi connectivity index (χ0) is 20.7. The zero-order valence-electron chi connectivity index (χ0n) is 16.8. The molecule has 2 unspecified atom stereocenters. The lowest BCUT2D eigenvalue weighted by Crippen LogP contribution is -2.64. The average molecular weight is 385 g/mol. The second kappa shape index (κ2) is 6.72. The summed E-state index contributed by atoms with van der Waals surface area (Å²) in [4.78, 5) is 51.6. The SMILES string of the molecule is CN1C(=O)C2(C)CC(C)(C(=O)NNC(=O)Cc3ccccc3)CC(C)(C2)C1=O. The molecule has 1 aromatic rings. The van der Waals surface area contributed by atoms with E-state index in [-0.39, 0.29) is 30.0 Å². The Bertz CT molecular complexity index is 807. The molecular weight excluding hydrogens is 358 g/mol. The highest BCUT2D eigenvalue weighted by Gasteiger charge is 2.62. The van der Waals surface area contributed by atoms with Crippen molar-refractivity contribution in [3.63, 3.8) is 0 Å². The number of nitrogens with one attached hydrogen (secondary N) is 2. The number of likely N-dealkylation sites (tertiary alicyclic amines) is 1. The summed E-state index contributed by atoms with van der Waals surface area (Å²) in [5.41, 5.74) is 3.30. The standard InChI is InChI=1S/C21H27N3O4/c1-19(16(26)23-22-15(25)10-14-8-6-5-7-9-14)11-20(2)13-21(3,12-19)18(28)24(4)17(20)27/h5-9H,10-13H2,1-4H3,(H,22,25)(H,23,26). The van der Waals surface area contributed by atoms with Crippen LogP contribution in [0.5, 0.6) is 0 Å². The molecule has 1 saturated heterocycles. The molecule has 0 spiro atoms. The van der Waals surface area contributed by atoms with Gasteiger partial charge in [0.15, 0.2) is 0 Å². The summed E-state index contributed by atoms with van der Waals surface area (Å²) >= 11 is 0. The van der Waals surface area contributed by atoms with Gasteiger partial charge in [0.05, 0.1) is 11.8 Å². The number of benzene rings is 1. The molecule has 28 heavy (non-hydrogen) atoms. The summed E-state index contributed by atoms with van der Waals surface area (Å²) in [7, 11) is 1.51. The second-order valence-electron chi connectivity index (χ2n) is 9.05. The lowest BCUT2D eigenvalue weighted by atomic mass is 9.51. The number of carbonyl (C=O) groups excluding carboxylic acids is 4. The predicted molar refractivity (Wildman–Crippen MR) is 102 cm³/mol. The fraction of sp³-hybridized carbons (Fsp3) is 0.524. The van der Waals surface area contributed by atoms with Gasteiger partial charge in [-0.1, -0.05) is 51.1 Å². The molecule has 7 nitrogen and oxygen atoms in total. The first-order chi connectivity index (χ1) is 13.0. The van der Waals surface area contributed by atoms with Crippen molar-refractivity contribution in [2.75, 3.05) is 7.05 Å². The Hall–Kier alpha value is -2.70. The van der Waals surface area contributed by atoms with Crippen LogP contribution < -0.4 is 10.9 Å². The average Bonchev–Trinajstić information content (AvgIpc) is 2.63. The Morgan fingerprint density at radius 3 is 2.00 bits per heavy atom. The first-order valence-electron chi connectivity index (χ1n) is 9.45. The van der Waals surface area contributed by atoms with Gasteiger partial charge in [-0.15, -0.1) is 0 Å². The minimum Gasteiger partial charge on any atom is -0.285 e. The number of fused-ring (bicyclic) bond motifs is 2. The summed E-state index contributed by atoms with van der Waals surface area (Å²) in [5.74, 6) is -1.21. The van der Waals surface area contributed by atoms with Gasteiger partial charge in [-0.25, -0.2) is 0 Å². The number of rotatable bonds is 3. The van der Waals surface area contributed by atoms with Crippen LogP contribution in [0.2, 0.25) is 0 Å². The van der Waals surface area contributed by atoms with Crippen LogP contribution in [0, 0.1) is 16.2 Å². The van der Waals surface area contributed by atoms with Gasteiger partial charge < -0.3 is 0 Å². The highest BCUT2D eigenvalue weighted by atomic mass is 16.2. The Morgan fingerprint density at radius 1 is 0.929 bits per heavy atom. The molecule has 0 radical (unpaired) electrons. The predicted octanol–water partition coefficient (Wildman–Crippen LogP) is 1.58. The van der Waals surface area contributed by atoms with E-state index in [1.807, 2.05) is 44.2 Å². The Balaban J connectivity index is 1.70. The maximum absolute atomic E-state index is 12.9. The van der Waals surface area contributed by atoms with Crippen molar-refractivity contribution in [2.45, 2.75) is 46.5 Å². The Morgan fingerprint density at radius 2 is 1.46 bits per heavy atom. The van der Waals surface area contributed by atoms with Gasteiger partial charge in [0.1, 0.15) is 0 Å². The lowest BCUT2D eigenvalue weighted by molar-refractivity contribution is -0.178. The van der Waals surface area contributed by atoms with E-state index in [0.29, 0.717) is 19.3 Å². The number of carbonyl (C=O) groups is 4. The molecule has 2 bridgehead atoms. The zero-order valence-corrected chi connectivity index (χ0v) is 16.8. The van der Waals surface area contributed by atoms with E-state index in [0.717, 1.165) is 5.56 Å². The molecule has 2 aliphatic rings. The van der Waals surface area contributed by atoms with E-state index in [1.165, 1.54) is 11.9 Å². The van der Waals surface area contributed by atoms with Crippen LogP contribution in [-0.4, -0.2) is 35.6 Å². The van der Waals surface area contributed by atoms with Gasteiger partial charge in [-0.05, 0) is 24.8 Å². The monoisotopic (exact) mass is 385 g/mol. The van der Waals surface area contributed by atoms with Gasteiger partial charge in [0.2, 0.25) is 23.6 Å². The number of imide groups is 1. The first kappa shape index (κ1) is 20.0. The van der Waals surface area contributed by atoms with Crippen molar-refractivity contribution >= 4 is 23.6 Å². The molecule has 7 heteroatoms. The number of nitrogens with zero attached hydrogens (tertiary/aromatic N) is 1. The fourth-order valence-corrected chi connectivity index (χ4v) is 5.24. The maximum Gasteiger partial charge on any atom is 0.244 e. The first-order valence-corrected chi connectivity index (χ1v) is 9.45. The molecule has 1 aliphatic carbocycles. The number of hydrazine groups is 1. The maximum atomic E-state index is 12.9. The highest BCUT2D eigenvalue weighted by Crippen LogP contribution is 2.58. The van der Waals surface area contributed by atoms with E-state index >= 15 is 0 Å². The molecule has 2 atom stereocenters. The second-order valence-corrected chi connectivity index (χ2v) is 9.05. The van der Waals surface area contributed by atoms with E-state index in [1.54, 1.807) is 6.92 Å². The molecule has 2 fully saturated rings. The number of amides is 4. The quantitative estimate of drug-likeness (QED) is 0.610. The highest BCUT2D eigenvalue weighted by molar-refractivity contribution is 6.04. The van der Waals surface area contributed by atoms with Crippen molar-refractivity contribution in [3.8, 4) is 0 Å². The van der Waals surface area contributed by atoms with Crippen LogP contribution in [0.25, 0.3) is 0 Å². The molecule has 4 amide bonds. The summed E-state index contributed by atoms with van der Waals surface area (Å²) < 4.78 is 0. The van der Waals surface area contributed by atoms with Crippen LogP contribution >= 0.6 is 0 Å². The van der Waals surface area contributed by atoms with Crippen LogP contribution in [0.4, 0.5) is 0 Å². The lowest BCUT2D eigenvalue weighted by Gasteiger charge is -2.55. The number of hydrogen-bond donors (Lipinski definition) is 2. The van der Waals surface area contributed by atoms with Gasteiger partial charge in [0.25, 0.3) is 0 Å². The molecule has 3 rings (SSSR count). The van der Waals surface area contributed by atoms with Crippen molar-refractivity contribution in [1.29, 1.82) is 0 Å². The Kier molecular flexibility index (Phi) is 4.81. The topological polar surface area (TPSA) is 95.6 Å². The van der Waals surface area contributed by atoms with Gasteiger partial charge >= 0.3 is 0 Å². The molecule has 1 aliphatic heterocycles. The summed E-state index contributed by atoms with van der Waals surface area (Å²) in [6.45, 7) is 5.39. The summed E-state index contributed by atoms with van der Waals surface area (Å²) in [6.07, 6.45) is 1.24. The summed E-state index contributed by atoms with van der Waals surface area (Å²) in [6, 6.07) is 9.22. The van der Waals surface area contributed by atoms with E-state index < -0.39 is 16.2 Å². The van der Waals surface area contributed by atoms with Gasteiger partial charge in [-0.2, -0.15) is 0 Å². The molecule has 2 N–H and O–H groups in total. The normalized spacial score (nSPS) is 32.1. The van der Waals surface area contributed by atoms with Gasteiger partial charge in [-0.3, -0.25) is 34.9 Å². The fourth-order valence-electron chi connectivity index (χ4n) is 5.24. The third-order valence-corrected chi connectivity index (χ3v) is 6.05. The molecule has 1 heterocycles. The van der Waals surface area contributed by atoms with Crippen molar-refractivity contribution in [2.24, 2.45) is 16.2 Å². The van der Waals surface area contributed by atoms with Crippen molar-refractivity contribution in [3.05, 3.63) is 35.9 Å². The molecule has 150 valence electrons. The van der Waals surface area contributed by atoms with Crippen LogP contribution in [0.1, 0.15) is 45.6 Å². The van der Waals surface area contributed by atoms with Crippen molar-refractivity contribution < 1.29 is 19.2 Å². The smallest absolute Gasteiger partial charge is 0.244 e. The number of hydrogen-bond acceptors (Lipinski definition) is 4. The Labute approximate surface area is 164 Å². The molecule has 1 aromatic carbocycles. The summed E-state index contributed by atoms with van der Waals surface area (Å²) in [5, 5.41) is 0.